The molecule has 10 nitrogen and oxygen atoms in total. The molecule has 0 fully saturated rings. The second-order valence-electron chi connectivity index (χ2n) is 10.3. The number of benzene rings is 2. The Morgan fingerprint density at radius 2 is 1.88 bits per heavy atom. The lowest BCUT2D eigenvalue weighted by molar-refractivity contribution is -0.132. The highest BCUT2D eigenvalue weighted by Crippen LogP contribution is 2.36. The number of aromatic amines is 1. The van der Waals surface area contributed by atoms with E-state index in [0.29, 0.717) is 24.2 Å². The number of aromatic nitrogens is 3. The number of nitrogens with zero attached hydrogens (tertiary/aromatic N) is 3. The quantitative estimate of drug-likeness (QED) is 0.340. The van der Waals surface area contributed by atoms with E-state index in [9.17, 15) is 19.5 Å². The van der Waals surface area contributed by atoms with E-state index in [4.69, 9.17) is 9.15 Å². The van der Waals surface area contributed by atoms with E-state index in [0.717, 1.165) is 23.1 Å². The molecule has 5 aromatic rings. The number of fused-ring (bicyclic) bond motifs is 4. The minimum absolute atomic E-state index is 0.00325. The number of carbonyl (C=O) groups excluding carboxylic acids is 1. The lowest BCUT2D eigenvalue weighted by Gasteiger charge is -2.29. The molecule has 1 aliphatic heterocycles. The summed E-state index contributed by atoms with van der Waals surface area (Å²) in [5.41, 5.74) is 4.51. The number of imidazole rings is 1. The molecule has 0 bridgehead atoms. The van der Waals surface area contributed by atoms with Crippen molar-refractivity contribution in [3.63, 3.8) is 0 Å². The number of aryl methyl sites for hydroxylation is 2. The van der Waals surface area contributed by atoms with Crippen molar-refractivity contribution in [2.45, 2.75) is 31.9 Å². The molecule has 0 saturated heterocycles. The molecule has 1 atom stereocenters. The molecule has 0 radical (unpaired) electrons. The first-order chi connectivity index (χ1) is 19.3. The monoisotopic (exact) mass is 542 g/mol. The van der Waals surface area contributed by atoms with Crippen LogP contribution in [0.2, 0.25) is 0 Å². The molecule has 3 aromatic heterocycles. The van der Waals surface area contributed by atoms with Crippen LogP contribution in [0.15, 0.2) is 62.5 Å². The third kappa shape index (κ3) is 4.21. The van der Waals surface area contributed by atoms with Crippen LogP contribution in [0.4, 0.5) is 0 Å². The van der Waals surface area contributed by atoms with Crippen LogP contribution in [-0.4, -0.2) is 43.7 Å². The van der Waals surface area contributed by atoms with Crippen molar-refractivity contribution in [3.05, 3.63) is 97.6 Å². The highest BCUT2D eigenvalue weighted by Gasteiger charge is 2.31. The van der Waals surface area contributed by atoms with Crippen LogP contribution in [0.25, 0.3) is 21.9 Å². The van der Waals surface area contributed by atoms with Gasteiger partial charge in [-0.2, -0.15) is 0 Å². The maximum absolute atomic E-state index is 13.8. The van der Waals surface area contributed by atoms with Crippen molar-refractivity contribution >= 4 is 27.8 Å². The Morgan fingerprint density at radius 1 is 1.10 bits per heavy atom. The minimum Gasteiger partial charge on any atom is -0.502 e. The Morgan fingerprint density at radius 3 is 2.67 bits per heavy atom. The number of carbonyl (C=O) groups is 1. The molecule has 2 aromatic carbocycles. The largest absolute Gasteiger partial charge is 0.502 e. The molecular formula is C30H30N4O6. The van der Waals surface area contributed by atoms with Crippen molar-refractivity contribution in [2.24, 2.45) is 14.1 Å². The smallest absolute Gasteiger partial charge is 0.328 e. The molecule has 2 N–H and O–H groups in total. The van der Waals surface area contributed by atoms with Crippen LogP contribution >= 0.6 is 0 Å². The van der Waals surface area contributed by atoms with Gasteiger partial charge in [-0.1, -0.05) is 24.3 Å². The number of rotatable bonds is 6. The van der Waals surface area contributed by atoms with Crippen LogP contribution in [0, 0.1) is 0 Å². The summed E-state index contributed by atoms with van der Waals surface area (Å²) in [6, 6.07) is 14.7. The Labute approximate surface area is 229 Å². The van der Waals surface area contributed by atoms with Crippen molar-refractivity contribution in [1.82, 2.24) is 19.0 Å². The number of ether oxygens (including phenoxy) is 1. The molecule has 0 unspecified atom stereocenters. The first-order valence-corrected chi connectivity index (χ1v) is 13.1. The molecule has 6 rings (SSSR count). The molecule has 1 amide bonds. The topological polar surface area (TPSA) is 123 Å². The van der Waals surface area contributed by atoms with E-state index in [1.807, 2.05) is 24.3 Å². The van der Waals surface area contributed by atoms with Crippen LogP contribution < -0.4 is 11.1 Å². The number of H-pyrrole nitrogens is 1. The van der Waals surface area contributed by atoms with Crippen molar-refractivity contribution in [1.29, 1.82) is 0 Å². The lowest BCUT2D eigenvalue weighted by Crippen LogP contribution is -2.36. The number of amides is 1. The highest BCUT2D eigenvalue weighted by molar-refractivity contribution is 5.86. The number of nitrogens with one attached hydrogen (secondary N) is 1. The number of methoxy groups -OCH3 is 1. The first-order valence-electron chi connectivity index (χ1n) is 13.1. The van der Waals surface area contributed by atoms with Gasteiger partial charge in [0.1, 0.15) is 12.4 Å². The van der Waals surface area contributed by atoms with E-state index >= 15 is 0 Å². The Kier molecular flexibility index (Phi) is 6.34. The molecule has 40 heavy (non-hydrogen) atoms. The third-order valence-corrected chi connectivity index (χ3v) is 7.92. The summed E-state index contributed by atoms with van der Waals surface area (Å²) in [6.07, 6.45) is 0.673. The van der Waals surface area contributed by atoms with Crippen LogP contribution in [-0.2, 0) is 43.2 Å². The second-order valence-corrected chi connectivity index (χ2v) is 10.3. The first kappa shape index (κ1) is 25.7. The van der Waals surface area contributed by atoms with Gasteiger partial charge in [0.2, 0.25) is 17.1 Å². The Bertz CT molecular complexity index is 1890. The summed E-state index contributed by atoms with van der Waals surface area (Å²) in [5, 5.41) is 12.0. The van der Waals surface area contributed by atoms with Gasteiger partial charge < -0.3 is 24.1 Å². The van der Waals surface area contributed by atoms with Crippen LogP contribution in [0.1, 0.15) is 40.7 Å². The summed E-state index contributed by atoms with van der Waals surface area (Å²) in [6.45, 7) is 1.01. The zero-order valence-electron chi connectivity index (χ0n) is 22.6. The number of aromatic hydroxyl groups is 1. The summed E-state index contributed by atoms with van der Waals surface area (Å²) in [7, 11) is 4.85. The van der Waals surface area contributed by atoms with Gasteiger partial charge in [0.15, 0.2) is 5.76 Å². The second kappa shape index (κ2) is 9.87. The van der Waals surface area contributed by atoms with Gasteiger partial charge in [0.05, 0.1) is 23.5 Å². The fourth-order valence-electron chi connectivity index (χ4n) is 5.82. The van der Waals surface area contributed by atoms with Gasteiger partial charge in [0.25, 0.3) is 0 Å². The minimum atomic E-state index is -0.777. The number of para-hydroxylation sites is 1. The SMILES string of the molecule is COCc1cc(=O)c(O)c([C@H](CC(=O)N2CCc3c([nH]c4ccccc34)C2)c2ccc3c(c2)n(C)c(=O)n3C)o1. The molecule has 10 heteroatoms. The number of hydrogen-bond acceptors (Lipinski definition) is 6. The summed E-state index contributed by atoms with van der Waals surface area (Å²) in [4.78, 5) is 44.3. The average molecular weight is 543 g/mol. The molecule has 0 aliphatic carbocycles. The Hall–Kier alpha value is -4.57. The summed E-state index contributed by atoms with van der Waals surface area (Å²) in [5.74, 6) is -1.23. The van der Waals surface area contributed by atoms with Crippen molar-refractivity contribution < 1.29 is 19.1 Å². The van der Waals surface area contributed by atoms with E-state index in [1.54, 1.807) is 35.7 Å². The van der Waals surface area contributed by atoms with E-state index in [1.165, 1.54) is 28.7 Å². The zero-order chi connectivity index (χ0) is 28.1. The van der Waals surface area contributed by atoms with Gasteiger partial charge in [-0.15, -0.1) is 0 Å². The fraction of sp³-hybridized carbons (Fsp3) is 0.300. The summed E-state index contributed by atoms with van der Waals surface area (Å²) >= 11 is 0. The summed E-state index contributed by atoms with van der Waals surface area (Å²) < 4.78 is 14.2. The van der Waals surface area contributed by atoms with E-state index < -0.39 is 17.1 Å². The average Bonchev–Trinajstić information content (AvgIpc) is 3.43. The predicted molar refractivity (Wildman–Crippen MR) is 149 cm³/mol. The maximum atomic E-state index is 13.8. The third-order valence-electron chi connectivity index (χ3n) is 7.92. The van der Waals surface area contributed by atoms with Crippen LogP contribution in [0.5, 0.6) is 5.75 Å². The van der Waals surface area contributed by atoms with Gasteiger partial charge in [-0.3, -0.25) is 18.7 Å². The highest BCUT2D eigenvalue weighted by atomic mass is 16.5. The normalized spacial score (nSPS) is 14.1. The standard InChI is InChI=1S/C30H30N4O6/c1-32-24-9-8-17(12-25(24)33(2)30(32)38)21(29-28(37)26(35)13-18(40-29)16-39-3)14-27(36)34-11-10-20-19-6-4-5-7-22(19)31-23(20)15-34/h4-9,12-13,21,31,37H,10-11,14-16H2,1-3H3/t21-/m1/s1. The Balaban J connectivity index is 1.40. The molecule has 4 heterocycles. The van der Waals surface area contributed by atoms with E-state index in [-0.39, 0.29) is 36.1 Å². The van der Waals surface area contributed by atoms with Gasteiger partial charge in [0, 0.05) is 56.8 Å². The van der Waals surface area contributed by atoms with Gasteiger partial charge in [-0.05, 0) is 35.7 Å². The van der Waals surface area contributed by atoms with Crippen molar-refractivity contribution in [2.75, 3.05) is 13.7 Å². The predicted octanol–water partition coefficient (Wildman–Crippen LogP) is 3.27. The lowest BCUT2D eigenvalue weighted by atomic mass is 9.90. The zero-order valence-corrected chi connectivity index (χ0v) is 22.6. The van der Waals surface area contributed by atoms with Gasteiger partial charge >= 0.3 is 5.69 Å². The molecule has 206 valence electrons. The van der Waals surface area contributed by atoms with E-state index in [2.05, 4.69) is 11.1 Å². The fourth-order valence-corrected chi connectivity index (χ4v) is 5.82. The molecule has 0 saturated carbocycles. The molecular weight excluding hydrogens is 512 g/mol. The number of hydrogen-bond donors (Lipinski definition) is 2. The van der Waals surface area contributed by atoms with Gasteiger partial charge in [-0.25, -0.2) is 4.79 Å². The van der Waals surface area contributed by atoms with Crippen LogP contribution in [0.3, 0.4) is 0 Å². The maximum Gasteiger partial charge on any atom is 0.328 e. The molecule has 0 spiro atoms. The van der Waals surface area contributed by atoms with Crippen molar-refractivity contribution in [3.8, 4) is 5.75 Å². The molecule has 1 aliphatic rings.